The van der Waals surface area contributed by atoms with Crippen LogP contribution in [0.1, 0.15) is 26.7 Å². The molecule has 1 rings (SSSR count). The van der Waals surface area contributed by atoms with Crippen LogP contribution in [0.2, 0.25) is 0 Å². The fourth-order valence-electron chi connectivity index (χ4n) is 1.74. The molecule has 0 aromatic carbocycles. The van der Waals surface area contributed by atoms with E-state index in [1.54, 1.807) is 0 Å². The number of hydrogen-bond donors (Lipinski definition) is 1. The highest BCUT2D eigenvalue weighted by molar-refractivity contribution is 7.92. The molecule has 0 aromatic rings. The number of carboxylic acids is 1. The molecule has 7 heteroatoms. The van der Waals surface area contributed by atoms with E-state index in [1.165, 1.54) is 13.8 Å². The van der Waals surface area contributed by atoms with Crippen molar-refractivity contribution in [2.45, 2.75) is 38.0 Å². The maximum absolute atomic E-state index is 11.8. The van der Waals surface area contributed by atoms with E-state index in [4.69, 9.17) is 5.11 Å². The maximum atomic E-state index is 11.8. The molecule has 0 unspecified atom stereocenters. The average molecular weight is 263 g/mol. The topological polar surface area (TPSA) is 91.8 Å². The van der Waals surface area contributed by atoms with Crippen LogP contribution >= 0.6 is 0 Å². The maximum Gasteiger partial charge on any atom is 0.326 e. The summed E-state index contributed by atoms with van der Waals surface area (Å²) in [6.07, 6.45) is 0.993. The van der Waals surface area contributed by atoms with Gasteiger partial charge in [0.15, 0.2) is 9.84 Å². The number of nitrogens with zero attached hydrogens (tertiary/aromatic N) is 1. The number of likely N-dealkylation sites (tertiary alicyclic amines) is 1. The van der Waals surface area contributed by atoms with E-state index >= 15 is 0 Å². The monoisotopic (exact) mass is 263 g/mol. The minimum Gasteiger partial charge on any atom is -0.480 e. The van der Waals surface area contributed by atoms with Gasteiger partial charge in [0.05, 0.1) is 5.25 Å². The van der Waals surface area contributed by atoms with Crippen LogP contribution in [0.5, 0.6) is 0 Å². The Morgan fingerprint density at radius 3 is 2.47 bits per heavy atom. The molecule has 98 valence electrons. The highest BCUT2D eigenvalue weighted by atomic mass is 32.2. The van der Waals surface area contributed by atoms with Crippen LogP contribution in [0.4, 0.5) is 0 Å². The molecule has 1 aliphatic rings. The summed E-state index contributed by atoms with van der Waals surface area (Å²) in [7, 11) is -3.47. The third-order valence-electron chi connectivity index (χ3n) is 2.90. The molecule has 6 nitrogen and oxygen atoms in total. The minimum atomic E-state index is -3.47. The number of aliphatic carboxylic acids is 1. The summed E-state index contributed by atoms with van der Waals surface area (Å²) in [6, 6.07) is -0.870. The fourth-order valence-corrected chi connectivity index (χ4v) is 2.59. The standard InChI is InChI=1S/C10H17NO5S/c1-7(2)17(15,16)6-9(12)11-5-3-4-8(11)10(13)14/h7-8H,3-6H2,1-2H3,(H,13,14)/t8-/m1/s1. The van der Waals surface area contributed by atoms with Gasteiger partial charge in [0, 0.05) is 6.54 Å². The number of sulfone groups is 1. The Morgan fingerprint density at radius 2 is 2.00 bits per heavy atom. The molecule has 0 aromatic heterocycles. The number of carbonyl (C=O) groups excluding carboxylic acids is 1. The molecule has 17 heavy (non-hydrogen) atoms. The Morgan fingerprint density at radius 1 is 1.41 bits per heavy atom. The molecule has 1 N–H and O–H groups in total. The Bertz CT molecular complexity index is 414. The van der Waals surface area contributed by atoms with Crippen molar-refractivity contribution in [2.75, 3.05) is 12.3 Å². The molecule has 0 spiro atoms. The summed E-state index contributed by atoms with van der Waals surface area (Å²) >= 11 is 0. The number of carboxylic acid groups (broad SMARTS) is 1. The van der Waals surface area contributed by atoms with Crippen molar-refractivity contribution in [3.63, 3.8) is 0 Å². The van der Waals surface area contributed by atoms with Gasteiger partial charge in [-0.3, -0.25) is 4.79 Å². The number of rotatable bonds is 4. The number of amides is 1. The second-order valence-electron chi connectivity index (χ2n) is 4.44. The van der Waals surface area contributed by atoms with Gasteiger partial charge in [-0.05, 0) is 26.7 Å². The first kappa shape index (κ1) is 14.0. The van der Waals surface area contributed by atoms with Gasteiger partial charge in [0.2, 0.25) is 5.91 Å². The Hall–Kier alpha value is -1.11. The van der Waals surface area contributed by atoms with E-state index in [-0.39, 0.29) is 0 Å². The summed E-state index contributed by atoms with van der Waals surface area (Å²) in [6.45, 7) is 3.33. The van der Waals surface area contributed by atoms with Gasteiger partial charge in [0.1, 0.15) is 11.8 Å². The van der Waals surface area contributed by atoms with Crippen LogP contribution in [0.25, 0.3) is 0 Å². The van der Waals surface area contributed by atoms with E-state index < -0.39 is 38.8 Å². The Kier molecular flexibility index (Phi) is 4.13. The SMILES string of the molecule is CC(C)S(=O)(=O)CC(=O)N1CCC[C@@H]1C(=O)O. The lowest BCUT2D eigenvalue weighted by molar-refractivity contribution is -0.147. The third-order valence-corrected chi connectivity index (χ3v) is 4.99. The minimum absolute atomic E-state index is 0.323. The van der Waals surface area contributed by atoms with Gasteiger partial charge in [0.25, 0.3) is 0 Å². The Labute approximate surface area is 101 Å². The normalized spacial score (nSPS) is 20.9. The predicted octanol–water partition coefficient (Wildman–Crippen LogP) is -0.115. The van der Waals surface area contributed by atoms with Crippen LogP contribution in [-0.4, -0.2) is 53.9 Å². The van der Waals surface area contributed by atoms with Crippen LogP contribution in [0.15, 0.2) is 0 Å². The molecule has 0 saturated carbocycles. The molecule has 1 aliphatic heterocycles. The van der Waals surface area contributed by atoms with Crippen molar-refractivity contribution in [3.05, 3.63) is 0 Å². The Balaban J connectivity index is 2.75. The summed E-state index contributed by atoms with van der Waals surface area (Å²) in [4.78, 5) is 23.8. The third kappa shape index (κ3) is 3.18. The van der Waals surface area contributed by atoms with Crippen molar-refractivity contribution in [2.24, 2.45) is 0 Å². The lowest BCUT2D eigenvalue weighted by Gasteiger charge is -2.21. The fraction of sp³-hybridized carbons (Fsp3) is 0.800. The zero-order valence-electron chi connectivity index (χ0n) is 9.92. The molecule has 1 saturated heterocycles. The first-order chi connectivity index (χ1) is 7.75. The van der Waals surface area contributed by atoms with Crippen molar-refractivity contribution >= 4 is 21.7 Å². The van der Waals surface area contributed by atoms with Gasteiger partial charge >= 0.3 is 5.97 Å². The van der Waals surface area contributed by atoms with E-state index in [9.17, 15) is 18.0 Å². The van der Waals surface area contributed by atoms with Crippen LogP contribution in [-0.2, 0) is 19.4 Å². The van der Waals surface area contributed by atoms with Crippen molar-refractivity contribution < 1.29 is 23.1 Å². The van der Waals surface area contributed by atoms with E-state index in [1.807, 2.05) is 0 Å². The lowest BCUT2D eigenvalue weighted by Crippen LogP contribution is -2.43. The zero-order chi connectivity index (χ0) is 13.2. The zero-order valence-corrected chi connectivity index (χ0v) is 10.7. The summed E-state index contributed by atoms with van der Waals surface area (Å²) in [5.74, 6) is -2.28. The van der Waals surface area contributed by atoms with Crippen molar-refractivity contribution in [3.8, 4) is 0 Å². The molecule has 1 amide bonds. The quantitative estimate of drug-likeness (QED) is 0.763. The highest BCUT2D eigenvalue weighted by Gasteiger charge is 2.35. The highest BCUT2D eigenvalue weighted by Crippen LogP contribution is 2.18. The first-order valence-corrected chi connectivity index (χ1v) is 7.21. The van der Waals surface area contributed by atoms with E-state index in [0.29, 0.717) is 19.4 Å². The second-order valence-corrected chi connectivity index (χ2v) is 7.00. The van der Waals surface area contributed by atoms with Crippen LogP contribution in [0, 0.1) is 0 Å². The summed E-state index contributed by atoms with van der Waals surface area (Å²) in [5, 5.41) is 8.27. The molecule has 1 atom stereocenters. The number of hydrogen-bond acceptors (Lipinski definition) is 4. The molecular formula is C10H17NO5S. The molecule has 0 aliphatic carbocycles. The number of carbonyl (C=O) groups is 2. The van der Waals surface area contributed by atoms with Crippen molar-refractivity contribution in [1.29, 1.82) is 0 Å². The van der Waals surface area contributed by atoms with Gasteiger partial charge in [-0.25, -0.2) is 13.2 Å². The molecular weight excluding hydrogens is 246 g/mol. The summed E-state index contributed by atoms with van der Waals surface area (Å²) in [5.41, 5.74) is 0. The molecule has 1 heterocycles. The van der Waals surface area contributed by atoms with Crippen molar-refractivity contribution in [1.82, 2.24) is 4.90 Å². The summed E-state index contributed by atoms with van der Waals surface area (Å²) < 4.78 is 23.2. The van der Waals surface area contributed by atoms with Gasteiger partial charge in [-0.1, -0.05) is 0 Å². The van der Waals surface area contributed by atoms with Gasteiger partial charge in [-0.15, -0.1) is 0 Å². The molecule has 0 bridgehead atoms. The van der Waals surface area contributed by atoms with Gasteiger partial charge in [-0.2, -0.15) is 0 Å². The van der Waals surface area contributed by atoms with Crippen LogP contribution in [0.3, 0.4) is 0 Å². The lowest BCUT2D eigenvalue weighted by atomic mass is 10.2. The largest absolute Gasteiger partial charge is 0.480 e. The first-order valence-electron chi connectivity index (χ1n) is 5.49. The molecule has 1 fully saturated rings. The predicted molar refractivity (Wildman–Crippen MR) is 61.3 cm³/mol. The second kappa shape index (κ2) is 5.03. The van der Waals surface area contributed by atoms with Gasteiger partial charge < -0.3 is 10.0 Å². The van der Waals surface area contributed by atoms with Crippen LogP contribution < -0.4 is 0 Å². The van der Waals surface area contributed by atoms with E-state index in [2.05, 4.69) is 0 Å². The van der Waals surface area contributed by atoms with E-state index in [0.717, 1.165) is 4.90 Å². The molecule has 0 radical (unpaired) electrons. The smallest absolute Gasteiger partial charge is 0.326 e. The average Bonchev–Trinajstić information content (AvgIpc) is 2.64.